The van der Waals surface area contributed by atoms with E-state index in [-0.39, 0.29) is 29.3 Å². The quantitative estimate of drug-likeness (QED) is 0.304. The number of anilines is 3. The molecule has 4 aromatic rings. The van der Waals surface area contributed by atoms with Crippen molar-refractivity contribution in [1.29, 1.82) is 0 Å². The topological polar surface area (TPSA) is 151 Å². The number of nitrogens with one attached hydrogen (secondary N) is 1. The van der Waals surface area contributed by atoms with Gasteiger partial charge in [0.05, 0.1) is 17.3 Å². The number of allylic oxidation sites excluding steroid dienone is 1. The molecule has 1 aliphatic rings. The number of fused-ring (bicyclic) bond motifs is 1. The van der Waals surface area contributed by atoms with Crippen LogP contribution in [-0.4, -0.2) is 83.3 Å². The fourth-order valence-electron chi connectivity index (χ4n) is 4.52. The largest absolute Gasteiger partial charge is 0.465 e. The lowest BCUT2D eigenvalue weighted by molar-refractivity contribution is 0.142. The number of piperazine rings is 1. The van der Waals surface area contributed by atoms with Gasteiger partial charge in [0.2, 0.25) is 5.95 Å². The summed E-state index contributed by atoms with van der Waals surface area (Å²) in [7, 11) is -2.45. The Hall–Kier alpha value is -4.43. The second kappa shape index (κ2) is 11.2. The predicted octanol–water partition coefficient (Wildman–Crippen LogP) is 3.72. The number of hydrogen-bond donors (Lipinski definition) is 2. The van der Waals surface area contributed by atoms with Crippen LogP contribution in [0.4, 0.5) is 27.9 Å². The zero-order valence-corrected chi connectivity index (χ0v) is 24.0. The second-order valence-electron chi connectivity index (χ2n) is 9.59. The standard InChI is InChI=1S/C26H28ClN9O4S/c1-4-10-35-24(37)18-16-28-25(31-23(18)36(35)22-7-5-6-21(30-22)32-41(2,3)40)29-17-8-9-20(19(27)15-17)33-11-13-34(14-12-33)26(38)39/h4-9,15-16H,1,10-14H2,2-3H3,(H,38,39)(H,28,29,31). The minimum absolute atomic E-state index is 0.192. The van der Waals surface area contributed by atoms with Gasteiger partial charge >= 0.3 is 6.09 Å². The molecular formula is C26H28ClN9O4S. The third-order valence-corrected chi connectivity index (χ3v) is 7.25. The molecule has 1 saturated heterocycles. The molecule has 3 aromatic heterocycles. The fourth-order valence-corrected chi connectivity index (χ4v) is 5.38. The van der Waals surface area contributed by atoms with E-state index in [0.29, 0.717) is 48.4 Å². The molecule has 0 unspecified atom stereocenters. The summed E-state index contributed by atoms with van der Waals surface area (Å²) < 4.78 is 19.4. The molecule has 13 nitrogen and oxygen atoms in total. The van der Waals surface area contributed by atoms with Crippen LogP contribution in [-0.2, 0) is 16.3 Å². The third kappa shape index (κ3) is 6.02. The number of halogens is 1. The number of rotatable bonds is 7. The average molecular weight is 598 g/mol. The van der Waals surface area contributed by atoms with Crippen molar-refractivity contribution < 1.29 is 14.1 Å². The van der Waals surface area contributed by atoms with Crippen molar-refractivity contribution in [2.75, 3.05) is 48.9 Å². The first-order chi connectivity index (χ1) is 19.5. The number of hydrogen-bond acceptors (Lipinski definition) is 9. The number of nitrogens with zero attached hydrogens (tertiary/aromatic N) is 8. The van der Waals surface area contributed by atoms with E-state index < -0.39 is 15.8 Å². The van der Waals surface area contributed by atoms with E-state index in [1.54, 1.807) is 35.0 Å². The van der Waals surface area contributed by atoms with E-state index in [1.807, 2.05) is 17.0 Å². The van der Waals surface area contributed by atoms with Gasteiger partial charge in [-0.2, -0.15) is 9.35 Å². The van der Waals surface area contributed by atoms with Crippen molar-refractivity contribution in [1.82, 2.24) is 29.2 Å². The average Bonchev–Trinajstić information content (AvgIpc) is 3.19. The molecular weight excluding hydrogens is 570 g/mol. The Morgan fingerprint density at radius 3 is 2.61 bits per heavy atom. The number of pyridine rings is 1. The highest BCUT2D eigenvalue weighted by molar-refractivity contribution is 7.92. The molecule has 5 rings (SSSR count). The molecule has 2 N–H and O–H groups in total. The van der Waals surface area contributed by atoms with Gasteiger partial charge in [0.25, 0.3) is 5.56 Å². The second-order valence-corrected chi connectivity index (χ2v) is 12.5. The lowest BCUT2D eigenvalue weighted by Gasteiger charge is -2.35. The van der Waals surface area contributed by atoms with Gasteiger partial charge in [-0.1, -0.05) is 23.7 Å². The Morgan fingerprint density at radius 1 is 1.20 bits per heavy atom. The lowest BCUT2D eigenvalue weighted by atomic mass is 10.2. The molecule has 41 heavy (non-hydrogen) atoms. The first-order valence-electron chi connectivity index (χ1n) is 12.6. The summed E-state index contributed by atoms with van der Waals surface area (Å²) in [6.07, 6.45) is 5.14. The maximum Gasteiger partial charge on any atom is 0.407 e. The van der Waals surface area contributed by atoms with Gasteiger partial charge < -0.3 is 20.2 Å². The van der Waals surface area contributed by atoms with Crippen LogP contribution >= 0.6 is 11.6 Å². The Kier molecular flexibility index (Phi) is 7.69. The molecule has 0 saturated carbocycles. The van der Waals surface area contributed by atoms with Crippen LogP contribution in [0.3, 0.4) is 0 Å². The summed E-state index contributed by atoms with van der Waals surface area (Å²) in [6.45, 7) is 5.82. The van der Waals surface area contributed by atoms with E-state index in [4.69, 9.17) is 11.6 Å². The molecule has 1 amide bonds. The summed E-state index contributed by atoms with van der Waals surface area (Å²) in [5, 5.41) is 13.1. The van der Waals surface area contributed by atoms with Gasteiger partial charge in [-0.15, -0.1) is 6.58 Å². The van der Waals surface area contributed by atoms with Gasteiger partial charge in [-0.25, -0.2) is 28.3 Å². The first kappa shape index (κ1) is 28.1. The monoisotopic (exact) mass is 597 g/mol. The summed E-state index contributed by atoms with van der Waals surface area (Å²) in [5.74, 6) is 0.860. The van der Waals surface area contributed by atoms with Gasteiger partial charge in [0.15, 0.2) is 17.3 Å². The summed E-state index contributed by atoms with van der Waals surface area (Å²) >= 11 is 6.60. The highest BCUT2D eigenvalue weighted by Gasteiger charge is 2.22. The van der Waals surface area contributed by atoms with Crippen molar-refractivity contribution in [2.24, 2.45) is 4.36 Å². The summed E-state index contributed by atoms with van der Waals surface area (Å²) in [5.41, 5.74) is 1.42. The van der Waals surface area contributed by atoms with Crippen molar-refractivity contribution in [3.8, 4) is 5.82 Å². The first-order valence-corrected chi connectivity index (χ1v) is 15.3. The maximum atomic E-state index is 13.2. The van der Waals surface area contributed by atoms with E-state index in [9.17, 15) is 18.9 Å². The molecule has 1 fully saturated rings. The fraction of sp³-hybridized carbons (Fsp3) is 0.269. The maximum absolute atomic E-state index is 13.2. The smallest absolute Gasteiger partial charge is 0.407 e. The van der Waals surface area contributed by atoms with Crippen molar-refractivity contribution in [3.05, 3.63) is 70.6 Å². The van der Waals surface area contributed by atoms with Gasteiger partial charge in [-0.3, -0.25) is 4.79 Å². The Balaban J connectivity index is 1.48. The molecule has 1 aromatic carbocycles. The molecule has 0 aliphatic carbocycles. The normalized spacial score (nSPS) is 13.8. The molecule has 0 radical (unpaired) electrons. The highest BCUT2D eigenvalue weighted by Crippen LogP contribution is 2.31. The van der Waals surface area contributed by atoms with Crippen molar-refractivity contribution in [2.45, 2.75) is 6.54 Å². The van der Waals surface area contributed by atoms with Gasteiger partial charge in [0.1, 0.15) is 5.39 Å². The minimum atomic E-state index is -2.45. The SMILES string of the molecule is C=CCn1c(=O)c2cnc(Nc3ccc(N4CCN(C(=O)O)CC4)c(Cl)c3)nc2n1-c1cccc(N=S(C)(C)=O)n1. The number of benzene rings is 1. The van der Waals surface area contributed by atoms with Crippen LogP contribution in [0.1, 0.15) is 0 Å². The number of carboxylic acid groups (broad SMARTS) is 1. The lowest BCUT2D eigenvalue weighted by Crippen LogP contribution is -2.48. The summed E-state index contributed by atoms with van der Waals surface area (Å²) in [6, 6.07) is 10.5. The van der Waals surface area contributed by atoms with E-state index >= 15 is 0 Å². The minimum Gasteiger partial charge on any atom is -0.465 e. The van der Waals surface area contributed by atoms with Crippen LogP contribution < -0.4 is 15.8 Å². The molecule has 0 atom stereocenters. The molecule has 0 bridgehead atoms. The Labute approximate surface area is 240 Å². The van der Waals surface area contributed by atoms with Crippen molar-refractivity contribution in [3.63, 3.8) is 0 Å². The molecule has 0 spiro atoms. The third-order valence-electron chi connectivity index (χ3n) is 6.32. The van der Waals surface area contributed by atoms with E-state index in [0.717, 1.165) is 5.69 Å². The van der Waals surface area contributed by atoms with E-state index in [1.165, 1.54) is 28.3 Å². The molecule has 1 aliphatic heterocycles. The van der Waals surface area contributed by atoms with Gasteiger partial charge in [-0.05, 0) is 30.3 Å². The zero-order chi connectivity index (χ0) is 29.3. The predicted molar refractivity (Wildman–Crippen MR) is 160 cm³/mol. The molecule has 15 heteroatoms. The van der Waals surface area contributed by atoms with Crippen LogP contribution in [0.25, 0.3) is 16.9 Å². The van der Waals surface area contributed by atoms with Crippen molar-refractivity contribution >= 4 is 61.6 Å². The zero-order valence-electron chi connectivity index (χ0n) is 22.4. The van der Waals surface area contributed by atoms with Crippen LogP contribution in [0.2, 0.25) is 5.02 Å². The van der Waals surface area contributed by atoms with E-state index in [2.05, 4.69) is 31.2 Å². The van der Waals surface area contributed by atoms with Gasteiger partial charge in [0, 0.05) is 60.3 Å². The number of amides is 1. The molecule has 4 heterocycles. The number of carbonyl (C=O) groups is 1. The molecule has 214 valence electrons. The highest BCUT2D eigenvalue weighted by atomic mass is 35.5. The Morgan fingerprint density at radius 2 is 1.95 bits per heavy atom. The summed E-state index contributed by atoms with van der Waals surface area (Å²) in [4.78, 5) is 41.3. The van der Waals surface area contributed by atoms with Crippen LogP contribution in [0, 0.1) is 0 Å². The number of aromatic nitrogens is 5. The van der Waals surface area contributed by atoms with Crippen LogP contribution in [0.5, 0.6) is 0 Å². The Bertz CT molecular complexity index is 1830. The van der Waals surface area contributed by atoms with Crippen LogP contribution in [0.15, 0.2) is 64.4 Å².